The maximum atomic E-state index is 11.5. The number of anilines is 1. The molecule has 0 unspecified atom stereocenters. The average molecular weight is 333 g/mol. The Morgan fingerprint density at radius 2 is 2.17 bits per heavy atom. The Labute approximate surface area is 140 Å². The SMILES string of the molecule is CCOc1ccc2nc(N3CCC(N(C)C(C)=O)CC3)sc2c1. The molecule has 0 N–H and O–H groups in total. The van der Waals surface area contributed by atoms with Crippen LogP contribution in [0.5, 0.6) is 5.75 Å². The van der Waals surface area contributed by atoms with Crippen LogP contribution < -0.4 is 9.64 Å². The number of ether oxygens (including phenoxy) is 1. The number of amides is 1. The lowest BCUT2D eigenvalue weighted by Gasteiger charge is -2.36. The largest absolute Gasteiger partial charge is 0.494 e. The van der Waals surface area contributed by atoms with Crippen molar-refractivity contribution in [1.29, 1.82) is 0 Å². The minimum atomic E-state index is 0.145. The second-order valence-corrected chi connectivity index (χ2v) is 6.92. The molecule has 1 fully saturated rings. The lowest BCUT2D eigenvalue weighted by atomic mass is 10.0. The Bertz CT molecular complexity index is 692. The summed E-state index contributed by atoms with van der Waals surface area (Å²) in [6.07, 6.45) is 1.99. The summed E-state index contributed by atoms with van der Waals surface area (Å²) in [5.41, 5.74) is 1.02. The molecule has 1 aliphatic rings. The van der Waals surface area contributed by atoms with Crippen LogP contribution >= 0.6 is 11.3 Å². The quantitative estimate of drug-likeness (QED) is 0.862. The Kier molecular flexibility index (Phi) is 4.71. The zero-order valence-corrected chi connectivity index (χ0v) is 14.7. The van der Waals surface area contributed by atoms with Crippen LogP contribution in [0.3, 0.4) is 0 Å². The van der Waals surface area contributed by atoms with Crippen molar-refractivity contribution in [2.45, 2.75) is 32.7 Å². The summed E-state index contributed by atoms with van der Waals surface area (Å²) in [5.74, 6) is 1.05. The van der Waals surface area contributed by atoms with Gasteiger partial charge in [-0.05, 0) is 38.0 Å². The smallest absolute Gasteiger partial charge is 0.219 e. The molecule has 1 aliphatic heterocycles. The summed E-state index contributed by atoms with van der Waals surface area (Å²) in [7, 11) is 1.90. The van der Waals surface area contributed by atoms with Crippen LogP contribution in [-0.2, 0) is 4.79 Å². The molecule has 5 nitrogen and oxygen atoms in total. The van der Waals surface area contributed by atoms with Crippen molar-refractivity contribution in [2.75, 3.05) is 31.6 Å². The summed E-state index contributed by atoms with van der Waals surface area (Å²) in [6.45, 7) is 6.19. The minimum Gasteiger partial charge on any atom is -0.494 e. The zero-order valence-electron chi connectivity index (χ0n) is 13.9. The molecule has 1 amide bonds. The molecular formula is C17H23N3O2S. The van der Waals surface area contributed by atoms with Crippen LogP contribution in [0.25, 0.3) is 10.2 Å². The van der Waals surface area contributed by atoms with E-state index in [1.54, 1.807) is 18.3 Å². The van der Waals surface area contributed by atoms with E-state index in [9.17, 15) is 4.79 Å². The van der Waals surface area contributed by atoms with Crippen molar-refractivity contribution in [3.63, 3.8) is 0 Å². The number of hydrogen-bond acceptors (Lipinski definition) is 5. The Morgan fingerprint density at radius 1 is 1.43 bits per heavy atom. The summed E-state index contributed by atoms with van der Waals surface area (Å²) >= 11 is 1.71. The van der Waals surface area contributed by atoms with Gasteiger partial charge in [0, 0.05) is 33.1 Å². The minimum absolute atomic E-state index is 0.145. The number of benzene rings is 1. The van der Waals surface area contributed by atoms with Gasteiger partial charge < -0.3 is 14.5 Å². The first-order chi connectivity index (χ1) is 11.1. The van der Waals surface area contributed by atoms with E-state index in [1.165, 1.54) is 0 Å². The summed E-state index contributed by atoms with van der Waals surface area (Å²) in [5, 5.41) is 1.07. The molecule has 2 heterocycles. The number of aromatic nitrogens is 1. The van der Waals surface area contributed by atoms with Gasteiger partial charge in [0.2, 0.25) is 5.91 Å². The second kappa shape index (κ2) is 6.74. The molecule has 0 spiro atoms. The average Bonchev–Trinajstić information content (AvgIpc) is 2.98. The second-order valence-electron chi connectivity index (χ2n) is 5.91. The lowest BCUT2D eigenvalue weighted by molar-refractivity contribution is -0.129. The van der Waals surface area contributed by atoms with Crippen molar-refractivity contribution >= 4 is 32.6 Å². The van der Waals surface area contributed by atoms with E-state index >= 15 is 0 Å². The molecule has 2 aromatic rings. The summed E-state index contributed by atoms with van der Waals surface area (Å²) < 4.78 is 6.72. The van der Waals surface area contributed by atoms with E-state index in [0.29, 0.717) is 12.6 Å². The van der Waals surface area contributed by atoms with Gasteiger partial charge in [-0.2, -0.15) is 0 Å². The maximum Gasteiger partial charge on any atom is 0.219 e. The Hall–Kier alpha value is -1.82. The molecule has 0 bridgehead atoms. The molecule has 3 rings (SSSR count). The fourth-order valence-electron chi connectivity index (χ4n) is 2.99. The van der Waals surface area contributed by atoms with Crippen LogP contribution in [0.1, 0.15) is 26.7 Å². The molecule has 1 aromatic carbocycles. The van der Waals surface area contributed by atoms with Gasteiger partial charge in [0.1, 0.15) is 5.75 Å². The van der Waals surface area contributed by atoms with E-state index < -0.39 is 0 Å². The molecule has 124 valence electrons. The van der Waals surface area contributed by atoms with Gasteiger partial charge in [-0.3, -0.25) is 4.79 Å². The highest BCUT2D eigenvalue weighted by molar-refractivity contribution is 7.22. The number of piperidine rings is 1. The molecule has 6 heteroatoms. The number of nitrogens with zero attached hydrogens (tertiary/aromatic N) is 3. The monoisotopic (exact) mass is 333 g/mol. The van der Waals surface area contributed by atoms with Gasteiger partial charge in [0.25, 0.3) is 0 Å². The van der Waals surface area contributed by atoms with Crippen molar-refractivity contribution < 1.29 is 9.53 Å². The van der Waals surface area contributed by atoms with Crippen LogP contribution in [0.15, 0.2) is 18.2 Å². The predicted molar refractivity (Wildman–Crippen MR) is 94.5 cm³/mol. The highest BCUT2D eigenvalue weighted by Gasteiger charge is 2.25. The van der Waals surface area contributed by atoms with E-state index in [4.69, 9.17) is 9.72 Å². The number of carbonyl (C=O) groups is 1. The molecular weight excluding hydrogens is 310 g/mol. The fourth-order valence-corrected chi connectivity index (χ4v) is 4.03. The van der Waals surface area contributed by atoms with Crippen molar-refractivity contribution in [3.05, 3.63) is 18.2 Å². The molecule has 1 saturated heterocycles. The van der Waals surface area contributed by atoms with Gasteiger partial charge in [0.15, 0.2) is 5.13 Å². The number of rotatable bonds is 4. The third-order valence-corrected chi connectivity index (χ3v) is 5.52. The number of fused-ring (bicyclic) bond motifs is 1. The normalized spacial score (nSPS) is 15.9. The molecule has 1 aromatic heterocycles. The highest BCUT2D eigenvalue weighted by Crippen LogP contribution is 2.33. The molecule has 0 atom stereocenters. The van der Waals surface area contributed by atoms with Gasteiger partial charge in [-0.15, -0.1) is 0 Å². The Morgan fingerprint density at radius 3 is 2.83 bits per heavy atom. The highest BCUT2D eigenvalue weighted by atomic mass is 32.1. The first kappa shape index (κ1) is 16.1. The van der Waals surface area contributed by atoms with E-state index in [-0.39, 0.29) is 5.91 Å². The van der Waals surface area contributed by atoms with Crippen LogP contribution in [0.2, 0.25) is 0 Å². The predicted octanol–water partition coefficient (Wildman–Crippen LogP) is 3.14. The van der Waals surface area contributed by atoms with Gasteiger partial charge >= 0.3 is 0 Å². The first-order valence-corrected chi connectivity index (χ1v) is 8.92. The maximum absolute atomic E-state index is 11.5. The molecule has 0 aliphatic carbocycles. The first-order valence-electron chi connectivity index (χ1n) is 8.10. The van der Waals surface area contributed by atoms with E-state index in [2.05, 4.69) is 11.0 Å². The van der Waals surface area contributed by atoms with Gasteiger partial charge in [-0.1, -0.05) is 11.3 Å². The van der Waals surface area contributed by atoms with Crippen LogP contribution in [0, 0.1) is 0 Å². The molecule has 0 saturated carbocycles. The summed E-state index contributed by atoms with van der Waals surface area (Å²) in [4.78, 5) is 20.4. The zero-order chi connectivity index (χ0) is 16.4. The third kappa shape index (κ3) is 3.42. The molecule has 23 heavy (non-hydrogen) atoms. The standard InChI is InChI=1S/C17H23N3O2S/c1-4-22-14-5-6-15-16(11-14)23-17(18-15)20-9-7-13(8-10-20)19(3)12(2)21/h5-6,11,13H,4,7-10H2,1-3H3. The fraction of sp³-hybridized carbons (Fsp3) is 0.529. The number of carbonyl (C=O) groups excluding carboxylic acids is 1. The summed E-state index contributed by atoms with van der Waals surface area (Å²) in [6, 6.07) is 6.42. The van der Waals surface area contributed by atoms with E-state index in [0.717, 1.165) is 47.0 Å². The topological polar surface area (TPSA) is 45.7 Å². The third-order valence-electron chi connectivity index (χ3n) is 4.44. The molecule has 0 radical (unpaired) electrons. The van der Waals surface area contributed by atoms with Crippen LogP contribution in [-0.4, -0.2) is 48.6 Å². The van der Waals surface area contributed by atoms with Crippen LogP contribution in [0.4, 0.5) is 5.13 Å². The van der Waals surface area contributed by atoms with Gasteiger partial charge in [0.05, 0.1) is 16.8 Å². The van der Waals surface area contributed by atoms with Crippen molar-refractivity contribution in [2.24, 2.45) is 0 Å². The lowest BCUT2D eigenvalue weighted by Crippen LogP contribution is -2.45. The Balaban J connectivity index is 1.71. The number of thiazole rings is 1. The van der Waals surface area contributed by atoms with Gasteiger partial charge in [-0.25, -0.2) is 4.98 Å². The van der Waals surface area contributed by atoms with Crippen molar-refractivity contribution in [3.8, 4) is 5.75 Å². The van der Waals surface area contributed by atoms with E-state index in [1.807, 2.05) is 31.0 Å². The van der Waals surface area contributed by atoms with Crippen molar-refractivity contribution in [1.82, 2.24) is 9.88 Å². The number of hydrogen-bond donors (Lipinski definition) is 0.